The van der Waals surface area contributed by atoms with Crippen molar-refractivity contribution in [2.75, 3.05) is 84.1 Å². The fraction of sp³-hybridized carbons (Fsp3) is 0.188. The van der Waals surface area contributed by atoms with Gasteiger partial charge in [0, 0.05) is 52.1 Å². The summed E-state index contributed by atoms with van der Waals surface area (Å²) in [5.41, 5.74) is 12.9. The molecule has 8 aromatic carbocycles. The van der Waals surface area contributed by atoms with Gasteiger partial charge in [0.25, 0.3) is 0 Å². The number of aryl methyl sites for hydroxylation is 1. The number of ether oxygens (including phenoxy) is 6. The summed E-state index contributed by atoms with van der Waals surface area (Å²) < 4.78 is 37.4. The predicted molar refractivity (Wildman–Crippen MR) is 367 cm³/mol. The number of pyridine rings is 5. The molecule has 5 aliphatic rings. The molecule has 5 aromatic heterocycles. The average molecular weight is 1240 g/mol. The molecule has 0 spiro atoms. The summed E-state index contributed by atoms with van der Waals surface area (Å²) in [5, 5.41) is 25.4. The van der Waals surface area contributed by atoms with E-state index in [2.05, 4.69) is 163 Å². The van der Waals surface area contributed by atoms with Gasteiger partial charge in [-0.15, -0.1) is 0 Å². The summed E-state index contributed by atoms with van der Waals surface area (Å²) in [6.07, 6.45) is 1.95. The first-order chi connectivity index (χ1) is 46.3. The number of nitrogens with zero attached hydrogens (tertiary/aromatic N) is 6. The van der Waals surface area contributed by atoms with Gasteiger partial charge in [-0.3, -0.25) is 4.98 Å². The first-order valence-electron chi connectivity index (χ1n) is 32.0. The smallest absolute Gasteiger partial charge is 0.119 e. The van der Waals surface area contributed by atoms with Crippen LogP contribution in [0.15, 0.2) is 237 Å². The number of hydrogen-bond acceptors (Lipinski definition) is 14. The maximum absolute atomic E-state index is 10.9. The van der Waals surface area contributed by atoms with Gasteiger partial charge >= 0.3 is 0 Å². The zero-order chi connectivity index (χ0) is 63.4. The number of fused-ring (bicyclic) bond motifs is 2. The molecule has 18 rings (SSSR count). The van der Waals surface area contributed by atoms with Crippen LogP contribution in [0.4, 0.5) is 5.69 Å². The number of rotatable bonds is 5. The highest BCUT2D eigenvalue weighted by atomic mass is 16.5. The Morgan fingerprint density at radius 1 is 0.362 bits per heavy atom. The molecule has 14 heteroatoms. The molecule has 0 saturated heterocycles. The molecular weight excluding hydrogens is 1170 g/mol. The van der Waals surface area contributed by atoms with Crippen LogP contribution in [-0.4, -0.2) is 114 Å². The molecular formula is C80H68N6O8. The zero-order valence-electron chi connectivity index (χ0n) is 52.0. The largest absolute Gasteiger partial charge is 0.508 e. The van der Waals surface area contributed by atoms with Gasteiger partial charge in [-0.05, 0) is 137 Å². The zero-order valence-corrected chi connectivity index (χ0v) is 52.0. The minimum absolute atomic E-state index is 0.130. The SMILES string of the molecule is Cc1cnc(-c2cccc(N3CCOCCOCCOc4ccc(cc4)C4(c5ccc(O)cc5)c5ccc6ccc7ccc(nc7c6n5)C(c5ccc(O)cc5)(c5ccc(cc5)OCCOCCOCC3)c3ccc5ccc6ccc4nc6c5n3)c2)cc1-c1ccccc1. The number of anilines is 1. The molecule has 0 amide bonds. The van der Waals surface area contributed by atoms with Gasteiger partial charge < -0.3 is 43.5 Å². The predicted octanol–water partition coefficient (Wildman–Crippen LogP) is 14.8. The van der Waals surface area contributed by atoms with Crippen molar-refractivity contribution in [2.24, 2.45) is 0 Å². The second-order valence-corrected chi connectivity index (χ2v) is 23.8. The Hall–Kier alpha value is -10.6. The molecule has 0 unspecified atom stereocenters. The van der Waals surface area contributed by atoms with E-state index in [0.29, 0.717) is 135 Å². The van der Waals surface area contributed by atoms with Crippen LogP contribution in [0.3, 0.4) is 0 Å². The third kappa shape index (κ3) is 11.4. The van der Waals surface area contributed by atoms with E-state index in [1.165, 1.54) is 0 Å². The Morgan fingerprint density at radius 3 is 1.16 bits per heavy atom. The molecule has 0 fully saturated rings. The van der Waals surface area contributed by atoms with E-state index in [1.807, 2.05) is 60.8 Å². The van der Waals surface area contributed by atoms with Crippen molar-refractivity contribution in [1.82, 2.24) is 24.9 Å². The van der Waals surface area contributed by atoms with Crippen molar-refractivity contribution in [3.63, 3.8) is 0 Å². The van der Waals surface area contributed by atoms with Crippen LogP contribution in [0.2, 0.25) is 0 Å². The van der Waals surface area contributed by atoms with Crippen molar-refractivity contribution in [3.8, 4) is 45.4 Å². The minimum Gasteiger partial charge on any atom is -0.508 e. The van der Waals surface area contributed by atoms with Crippen LogP contribution in [0.5, 0.6) is 23.0 Å². The second-order valence-electron chi connectivity index (χ2n) is 23.8. The van der Waals surface area contributed by atoms with Gasteiger partial charge in [-0.2, -0.15) is 0 Å². The van der Waals surface area contributed by atoms with Gasteiger partial charge in [0.1, 0.15) is 47.0 Å². The number of aromatic hydroxyl groups is 2. The van der Waals surface area contributed by atoms with E-state index in [4.69, 9.17) is 53.3 Å². The fourth-order valence-electron chi connectivity index (χ4n) is 13.4. The first-order valence-corrected chi connectivity index (χ1v) is 32.0. The van der Waals surface area contributed by atoms with Gasteiger partial charge in [0.2, 0.25) is 0 Å². The summed E-state index contributed by atoms with van der Waals surface area (Å²) in [4.78, 5) is 30.3. The summed E-state index contributed by atoms with van der Waals surface area (Å²) in [6, 6.07) is 77.1. The highest BCUT2D eigenvalue weighted by Crippen LogP contribution is 2.49. The Kier molecular flexibility index (Phi) is 16.6. The summed E-state index contributed by atoms with van der Waals surface area (Å²) in [5.74, 6) is 1.59. The molecule has 466 valence electrons. The lowest BCUT2D eigenvalue weighted by molar-refractivity contribution is 0.0347. The van der Waals surface area contributed by atoms with Gasteiger partial charge in [-0.25, -0.2) is 19.9 Å². The highest BCUT2D eigenvalue weighted by Gasteiger charge is 2.44. The summed E-state index contributed by atoms with van der Waals surface area (Å²) in [6.45, 7) is 7.23. The van der Waals surface area contributed by atoms with Crippen molar-refractivity contribution in [1.29, 1.82) is 0 Å². The van der Waals surface area contributed by atoms with Crippen LogP contribution in [-0.2, 0) is 29.8 Å². The van der Waals surface area contributed by atoms with Gasteiger partial charge in [0.15, 0.2) is 0 Å². The fourth-order valence-corrected chi connectivity index (χ4v) is 13.4. The molecule has 0 atom stereocenters. The third-order valence-electron chi connectivity index (χ3n) is 18.2. The number of phenols is 2. The highest BCUT2D eigenvalue weighted by molar-refractivity contribution is 6.04. The van der Waals surface area contributed by atoms with Crippen LogP contribution in [0.25, 0.3) is 66.0 Å². The van der Waals surface area contributed by atoms with Gasteiger partial charge in [0.05, 0.1) is 103 Å². The molecule has 2 N–H and O–H groups in total. The van der Waals surface area contributed by atoms with E-state index in [-0.39, 0.29) is 11.5 Å². The van der Waals surface area contributed by atoms with Crippen molar-refractivity contribution in [2.45, 2.75) is 17.8 Å². The van der Waals surface area contributed by atoms with E-state index in [1.54, 1.807) is 24.3 Å². The number of benzene rings is 8. The normalized spacial score (nSPS) is 17.7. The van der Waals surface area contributed by atoms with Crippen LogP contribution >= 0.6 is 0 Å². The lowest BCUT2D eigenvalue weighted by atomic mass is 9.68. The van der Waals surface area contributed by atoms with Crippen molar-refractivity contribution in [3.05, 3.63) is 287 Å². The Morgan fingerprint density at radius 2 is 0.734 bits per heavy atom. The van der Waals surface area contributed by atoms with Gasteiger partial charge in [-0.1, -0.05) is 140 Å². The summed E-state index contributed by atoms with van der Waals surface area (Å²) in [7, 11) is 0. The maximum atomic E-state index is 10.9. The monoisotopic (exact) mass is 1240 g/mol. The van der Waals surface area contributed by atoms with E-state index < -0.39 is 10.8 Å². The Labute approximate surface area is 544 Å². The van der Waals surface area contributed by atoms with E-state index in [0.717, 1.165) is 77.4 Å². The molecule has 0 saturated carbocycles. The van der Waals surface area contributed by atoms with Crippen molar-refractivity contribution >= 4 is 49.3 Å². The molecule has 14 bridgehead atoms. The van der Waals surface area contributed by atoms with Crippen LogP contribution in [0.1, 0.15) is 50.6 Å². The Bertz CT molecular complexity index is 4490. The molecule has 10 heterocycles. The topological polar surface area (TPSA) is 164 Å². The quantitative estimate of drug-likeness (QED) is 0.156. The minimum atomic E-state index is -1.18. The standard InChI is InChI=1S/C80H68N6O8/c1-53-52-81-70(51-69(53)54-6-3-2-4-7-54)59-8-5-9-64(50-59)86-38-40-89-42-44-91-46-48-93-67-30-22-62(23-31-67)79(60-18-26-65(87)27-19-60)71-34-14-55-10-11-56-15-35-72(83-76(56)75(55)82-71)80(61-20-28-66(88)29-21-61,63-24-32-68(33-25-63)94-49-47-92-45-43-90-41-39-86)74-37-17-58-13-12-57-16-36-73(79)84-77(57)78(58)85-74/h2-37,50-52,87-88H,38-49H2,1H3. The average Bonchev–Trinajstić information content (AvgIpc) is 0.713. The molecule has 14 nitrogen and oxygen atoms in total. The molecule has 13 aromatic rings. The lowest BCUT2D eigenvalue weighted by Crippen LogP contribution is -2.34. The molecule has 94 heavy (non-hydrogen) atoms. The van der Waals surface area contributed by atoms with E-state index >= 15 is 0 Å². The number of phenolic OH excluding ortho intramolecular Hbond substituents is 2. The molecule has 0 aliphatic carbocycles. The van der Waals surface area contributed by atoms with Crippen molar-refractivity contribution < 1.29 is 38.6 Å². The second kappa shape index (κ2) is 26.2. The van der Waals surface area contributed by atoms with E-state index in [9.17, 15) is 10.2 Å². The molecule has 0 radical (unpaired) electrons. The van der Waals surface area contributed by atoms with Crippen LogP contribution in [0, 0.1) is 6.92 Å². The lowest BCUT2D eigenvalue weighted by Gasteiger charge is -2.36. The number of aromatic nitrogens is 5. The first kappa shape index (κ1) is 59.7. The number of hydrogen-bond donors (Lipinski definition) is 2. The maximum Gasteiger partial charge on any atom is 0.119 e. The third-order valence-corrected chi connectivity index (χ3v) is 18.2. The summed E-state index contributed by atoms with van der Waals surface area (Å²) >= 11 is 0. The molecule has 5 aliphatic heterocycles. The van der Waals surface area contributed by atoms with Crippen LogP contribution < -0.4 is 14.4 Å². The Balaban J connectivity index is 0.802.